The second-order valence-electron chi connectivity index (χ2n) is 7.29. The van der Waals surface area contributed by atoms with E-state index in [1.54, 1.807) is 19.2 Å². The van der Waals surface area contributed by atoms with Crippen LogP contribution in [-0.4, -0.2) is 30.6 Å². The Morgan fingerprint density at radius 3 is 2.47 bits per heavy atom. The van der Waals surface area contributed by atoms with Crippen molar-refractivity contribution in [2.45, 2.75) is 6.92 Å². The van der Waals surface area contributed by atoms with Crippen molar-refractivity contribution in [1.82, 2.24) is 4.98 Å². The van der Waals surface area contributed by atoms with Crippen LogP contribution in [0.15, 0.2) is 78.9 Å². The number of pyridine rings is 1. The molecule has 0 fully saturated rings. The molecule has 6 nitrogen and oxygen atoms in total. The van der Waals surface area contributed by atoms with Crippen LogP contribution >= 0.6 is 0 Å². The molecule has 0 atom stereocenters. The van der Waals surface area contributed by atoms with Gasteiger partial charge in [0.05, 0.1) is 23.9 Å². The summed E-state index contributed by atoms with van der Waals surface area (Å²) in [4.78, 5) is 29.8. The first-order valence-corrected chi connectivity index (χ1v) is 10.1. The quantitative estimate of drug-likeness (QED) is 0.438. The van der Waals surface area contributed by atoms with Crippen LogP contribution in [0.3, 0.4) is 0 Å². The molecule has 0 aliphatic heterocycles. The van der Waals surface area contributed by atoms with E-state index in [1.807, 2.05) is 73.7 Å². The van der Waals surface area contributed by atoms with Crippen LogP contribution < -0.4 is 10.1 Å². The summed E-state index contributed by atoms with van der Waals surface area (Å²) >= 11 is 0. The minimum atomic E-state index is -0.585. The van der Waals surface area contributed by atoms with Gasteiger partial charge >= 0.3 is 5.97 Å². The number of amides is 1. The van der Waals surface area contributed by atoms with Crippen LogP contribution in [0.2, 0.25) is 0 Å². The van der Waals surface area contributed by atoms with Gasteiger partial charge in [-0.2, -0.15) is 0 Å². The number of aryl methyl sites for hydroxylation is 1. The number of nitrogens with zero attached hydrogens (tertiary/aromatic N) is 1. The third-order valence-electron chi connectivity index (χ3n) is 4.96. The summed E-state index contributed by atoms with van der Waals surface area (Å²) in [6.07, 6.45) is 0. The Morgan fingerprint density at radius 2 is 1.72 bits per heavy atom. The first kappa shape index (κ1) is 21.1. The van der Waals surface area contributed by atoms with Gasteiger partial charge in [0.1, 0.15) is 5.75 Å². The maximum atomic E-state index is 12.9. The molecule has 1 aromatic heterocycles. The number of benzene rings is 3. The van der Waals surface area contributed by atoms with Crippen LogP contribution in [0.4, 0.5) is 5.69 Å². The number of ether oxygens (including phenoxy) is 2. The van der Waals surface area contributed by atoms with Crippen molar-refractivity contribution < 1.29 is 19.1 Å². The molecule has 32 heavy (non-hydrogen) atoms. The largest absolute Gasteiger partial charge is 0.497 e. The van der Waals surface area contributed by atoms with Crippen LogP contribution in [0.5, 0.6) is 5.75 Å². The SMILES string of the molecule is COc1ccc(-c2cc(C(=O)OCC(=O)Nc3cccc(C)c3)c3ccccc3n2)cc1. The third kappa shape index (κ3) is 4.75. The lowest BCUT2D eigenvalue weighted by atomic mass is 10.0. The lowest BCUT2D eigenvalue weighted by Gasteiger charge is -2.11. The molecule has 0 saturated carbocycles. The van der Waals surface area contributed by atoms with Gasteiger partial charge in [-0.05, 0) is 61.0 Å². The van der Waals surface area contributed by atoms with Gasteiger partial charge in [-0.15, -0.1) is 0 Å². The fourth-order valence-corrected chi connectivity index (χ4v) is 3.38. The van der Waals surface area contributed by atoms with Crippen molar-refractivity contribution in [3.63, 3.8) is 0 Å². The average molecular weight is 426 g/mol. The van der Waals surface area contributed by atoms with E-state index < -0.39 is 11.9 Å². The van der Waals surface area contributed by atoms with Crippen LogP contribution in [0.1, 0.15) is 15.9 Å². The first-order valence-electron chi connectivity index (χ1n) is 10.1. The Morgan fingerprint density at radius 1 is 0.938 bits per heavy atom. The highest BCUT2D eigenvalue weighted by Crippen LogP contribution is 2.27. The lowest BCUT2D eigenvalue weighted by Crippen LogP contribution is -2.21. The zero-order valence-electron chi connectivity index (χ0n) is 17.8. The highest BCUT2D eigenvalue weighted by Gasteiger charge is 2.17. The van der Waals surface area contributed by atoms with Crippen molar-refractivity contribution in [2.75, 3.05) is 19.0 Å². The van der Waals surface area contributed by atoms with Gasteiger partial charge in [0.25, 0.3) is 5.91 Å². The maximum Gasteiger partial charge on any atom is 0.339 e. The van der Waals surface area contributed by atoms with E-state index in [0.717, 1.165) is 16.9 Å². The summed E-state index contributed by atoms with van der Waals surface area (Å²) < 4.78 is 10.5. The minimum absolute atomic E-state index is 0.352. The molecule has 1 heterocycles. The molecule has 4 rings (SSSR count). The smallest absolute Gasteiger partial charge is 0.339 e. The van der Waals surface area contributed by atoms with E-state index >= 15 is 0 Å². The molecule has 0 aliphatic carbocycles. The number of hydrogen-bond donors (Lipinski definition) is 1. The molecule has 4 aromatic rings. The maximum absolute atomic E-state index is 12.9. The molecular formula is C26H22N2O4. The summed E-state index contributed by atoms with van der Waals surface area (Å²) in [6.45, 7) is 1.55. The highest BCUT2D eigenvalue weighted by molar-refractivity contribution is 6.05. The van der Waals surface area contributed by atoms with E-state index in [4.69, 9.17) is 9.47 Å². The molecule has 0 bridgehead atoms. The van der Waals surface area contributed by atoms with Gasteiger partial charge in [-0.25, -0.2) is 9.78 Å². The Balaban J connectivity index is 1.56. The highest BCUT2D eigenvalue weighted by atomic mass is 16.5. The van der Waals surface area contributed by atoms with E-state index in [9.17, 15) is 9.59 Å². The molecule has 160 valence electrons. The number of hydrogen-bond acceptors (Lipinski definition) is 5. The fourth-order valence-electron chi connectivity index (χ4n) is 3.38. The van der Waals surface area contributed by atoms with Crippen molar-refractivity contribution in [3.8, 4) is 17.0 Å². The number of methoxy groups -OCH3 is 1. The molecule has 0 aliphatic rings. The number of fused-ring (bicyclic) bond motifs is 1. The zero-order chi connectivity index (χ0) is 22.5. The molecule has 1 N–H and O–H groups in total. The minimum Gasteiger partial charge on any atom is -0.497 e. The number of para-hydroxylation sites is 1. The van der Waals surface area contributed by atoms with E-state index in [1.165, 1.54) is 0 Å². The molecule has 1 amide bonds. The van der Waals surface area contributed by atoms with Gasteiger partial charge in [0.15, 0.2) is 6.61 Å². The second-order valence-corrected chi connectivity index (χ2v) is 7.29. The average Bonchev–Trinajstić information content (AvgIpc) is 2.82. The Hall–Kier alpha value is -4.19. The number of aromatic nitrogens is 1. The monoisotopic (exact) mass is 426 g/mol. The van der Waals surface area contributed by atoms with Gasteiger partial charge in [0.2, 0.25) is 0 Å². The third-order valence-corrected chi connectivity index (χ3v) is 4.96. The summed E-state index contributed by atoms with van der Waals surface area (Å²) in [5, 5.41) is 3.40. The van der Waals surface area contributed by atoms with E-state index in [-0.39, 0.29) is 6.61 Å². The van der Waals surface area contributed by atoms with Gasteiger partial charge in [0, 0.05) is 16.6 Å². The summed E-state index contributed by atoms with van der Waals surface area (Å²) in [5.74, 6) is -0.260. The summed E-state index contributed by atoms with van der Waals surface area (Å²) in [6, 6.07) is 23.8. The molecular weight excluding hydrogens is 404 g/mol. The van der Waals surface area contributed by atoms with Crippen LogP contribution in [0.25, 0.3) is 22.2 Å². The number of rotatable bonds is 6. The molecule has 6 heteroatoms. The Kier molecular flexibility index (Phi) is 6.12. The van der Waals surface area contributed by atoms with E-state index in [0.29, 0.717) is 27.8 Å². The fraction of sp³-hybridized carbons (Fsp3) is 0.115. The van der Waals surface area contributed by atoms with Gasteiger partial charge in [-0.1, -0.05) is 30.3 Å². The lowest BCUT2D eigenvalue weighted by molar-refractivity contribution is -0.119. The standard InChI is InChI=1S/C26H22N2O4/c1-17-6-5-7-19(14-17)27-25(29)16-32-26(30)22-15-24(18-10-12-20(31-2)13-11-18)28-23-9-4-3-8-21(22)23/h3-15H,16H2,1-2H3,(H,27,29). The topological polar surface area (TPSA) is 77.5 Å². The molecule has 0 saturated heterocycles. The van der Waals surface area contributed by atoms with Crippen molar-refractivity contribution in [2.24, 2.45) is 0 Å². The van der Waals surface area contributed by atoms with Crippen LogP contribution in [0, 0.1) is 6.92 Å². The van der Waals surface area contributed by atoms with Crippen molar-refractivity contribution in [3.05, 3.63) is 90.0 Å². The summed E-state index contributed by atoms with van der Waals surface area (Å²) in [7, 11) is 1.60. The number of carbonyl (C=O) groups excluding carboxylic acids is 2. The van der Waals surface area contributed by atoms with Crippen molar-refractivity contribution in [1.29, 1.82) is 0 Å². The van der Waals surface area contributed by atoms with Gasteiger partial charge < -0.3 is 14.8 Å². The molecule has 3 aromatic carbocycles. The number of anilines is 1. The van der Waals surface area contributed by atoms with E-state index in [2.05, 4.69) is 10.3 Å². The summed E-state index contributed by atoms with van der Waals surface area (Å²) in [5.41, 5.74) is 4.16. The number of esters is 1. The van der Waals surface area contributed by atoms with Crippen LogP contribution in [-0.2, 0) is 9.53 Å². The zero-order valence-corrected chi connectivity index (χ0v) is 17.8. The molecule has 0 radical (unpaired) electrons. The molecule has 0 unspecified atom stereocenters. The first-order chi connectivity index (χ1) is 15.5. The predicted molar refractivity (Wildman–Crippen MR) is 124 cm³/mol. The van der Waals surface area contributed by atoms with Crippen molar-refractivity contribution >= 4 is 28.5 Å². The number of nitrogens with one attached hydrogen (secondary N) is 1. The Bertz CT molecular complexity index is 1280. The Labute approximate surface area is 185 Å². The second kappa shape index (κ2) is 9.31. The normalized spacial score (nSPS) is 10.6. The molecule has 0 spiro atoms. The van der Waals surface area contributed by atoms with Gasteiger partial charge in [-0.3, -0.25) is 4.79 Å². The predicted octanol–water partition coefficient (Wildman–Crippen LogP) is 5.01. The number of carbonyl (C=O) groups is 2.